The maximum Gasteiger partial charge on any atom is 0.279 e. The lowest BCUT2D eigenvalue weighted by Crippen LogP contribution is -2.47. The molecule has 7 heteroatoms. The summed E-state index contributed by atoms with van der Waals surface area (Å²) in [5.74, 6) is 0.595. The predicted octanol–water partition coefficient (Wildman–Crippen LogP) is 0.569. The third-order valence-corrected chi connectivity index (χ3v) is 6.38. The molecule has 0 spiro atoms. The summed E-state index contributed by atoms with van der Waals surface area (Å²) in [4.78, 5) is 0. The monoisotopic (exact) mass is 319 g/mol. The Kier molecular flexibility index (Phi) is 6.02. The van der Waals surface area contributed by atoms with E-state index in [4.69, 9.17) is 4.74 Å². The lowest BCUT2D eigenvalue weighted by Gasteiger charge is -2.31. The van der Waals surface area contributed by atoms with Gasteiger partial charge in [-0.3, -0.25) is 0 Å². The summed E-state index contributed by atoms with van der Waals surface area (Å²) in [7, 11) is 0.316. The van der Waals surface area contributed by atoms with E-state index in [-0.39, 0.29) is 5.41 Å². The van der Waals surface area contributed by atoms with E-state index < -0.39 is 10.2 Å². The Morgan fingerprint density at radius 1 is 1.29 bits per heavy atom. The van der Waals surface area contributed by atoms with Gasteiger partial charge in [0.25, 0.3) is 10.2 Å². The summed E-state index contributed by atoms with van der Waals surface area (Å²) in [6.45, 7) is 3.49. The molecule has 0 aromatic heterocycles. The van der Waals surface area contributed by atoms with E-state index in [0.717, 1.165) is 38.6 Å². The minimum atomic E-state index is -3.32. The normalized spacial score (nSPS) is 23.3. The number of hydrogen-bond donors (Lipinski definition) is 2. The van der Waals surface area contributed by atoms with Gasteiger partial charge in [-0.15, -0.1) is 0 Å². The van der Waals surface area contributed by atoms with Gasteiger partial charge >= 0.3 is 0 Å². The Morgan fingerprint density at radius 2 is 1.95 bits per heavy atom. The summed E-state index contributed by atoms with van der Waals surface area (Å²) in [5.41, 5.74) is 0.146. The Bertz CT molecular complexity index is 415. The highest BCUT2D eigenvalue weighted by Gasteiger charge is 2.43. The van der Waals surface area contributed by atoms with E-state index in [2.05, 4.69) is 10.0 Å². The standard InChI is InChI=1S/C14H29N3O3S/c1-15-11-13-3-8-17(9-4-13)21(18,19)16-12-14(5-6-14)7-10-20-2/h13,15-16H,3-12H2,1-2H3. The first-order valence-corrected chi connectivity index (χ1v) is 9.34. The van der Waals surface area contributed by atoms with Gasteiger partial charge in [0.05, 0.1) is 0 Å². The highest BCUT2D eigenvalue weighted by Crippen LogP contribution is 2.48. The average Bonchev–Trinajstić information content (AvgIpc) is 3.25. The van der Waals surface area contributed by atoms with Crippen LogP contribution in [0.1, 0.15) is 32.1 Å². The van der Waals surface area contributed by atoms with Gasteiger partial charge in [-0.05, 0) is 57.0 Å². The quantitative estimate of drug-likeness (QED) is 0.652. The van der Waals surface area contributed by atoms with Crippen molar-refractivity contribution in [3.8, 4) is 0 Å². The third-order valence-electron chi connectivity index (χ3n) is 4.83. The molecule has 2 fully saturated rings. The van der Waals surface area contributed by atoms with E-state index in [1.54, 1.807) is 11.4 Å². The molecule has 1 aliphatic carbocycles. The second-order valence-electron chi connectivity index (χ2n) is 6.47. The van der Waals surface area contributed by atoms with Crippen LogP contribution in [-0.2, 0) is 14.9 Å². The molecule has 124 valence electrons. The van der Waals surface area contributed by atoms with Gasteiger partial charge < -0.3 is 10.1 Å². The number of nitrogens with one attached hydrogen (secondary N) is 2. The number of hydrogen-bond acceptors (Lipinski definition) is 4. The van der Waals surface area contributed by atoms with E-state index in [0.29, 0.717) is 32.2 Å². The molecule has 6 nitrogen and oxygen atoms in total. The number of nitrogens with zero attached hydrogens (tertiary/aromatic N) is 1. The van der Waals surface area contributed by atoms with E-state index in [1.807, 2.05) is 7.05 Å². The van der Waals surface area contributed by atoms with Gasteiger partial charge in [-0.2, -0.15) is 12.7 Å². The van der Waals surface area contributed by atoms with E-state index >= 15 is 0 Å². The Labute approximate surface area is 128 Å². The molecule has 0 aromatic rings. The average molecular weight is 319 g/mol. The zero-order valence-electron chi connectivity index (χ0n) is 13.2. The predicted molar refractivity (Wildman–Crippen MR) is 83.3 cm³/mol. The van der Waals surface area contributed by atoms with Gasteiger partial charge in [-0.25, -0.2) is 4.72 Å². The SMILES string of the molecule is CNCC1CCN(S(=O)(=O)NCC2(CCOC)CC2)CC1. The minimum Gasteiger partial charge on any atom is -0.385 e. The number of methoxy groups -OCH3 is 1. The van der Waals surface area contributed by atoms with Crippen LogP contribution in [-0.4, -0.2) is 59.7 Å². The first kappa shape index (κ1) is 17.1. The third kappa shape index (κ3) is 4.89. The maximum atomic E-state index is 12.4. The first-order chi connectivity index (χ1) is 10.0. The fourth-order valence-corrected chi connectivity index (χ4v) is 4.35. The summed E-state index contributed by atoms with van der Waals surface area (Å²) in [5, 5.41) is 3.17. The van der Waals surface area contributed by atoms with Gasteiger partial charge in [-0.1, -0.05) is 0 Å². The van der Waals surface area contributed by atoms with Crippen LogP contribution in [0.2, 0.25) is 0 Å². The van der Waals surface area contributed by atoms with Gasteiger partial charge in [0.2, 0.25) is 0 Å². The van der Waals surface area contributed by atoms with Gasteiger partial charge in [0.1, 0.15) is 0 Å². The van der Waals surface area contributed by atoms with Crippen molar-refractivity contribution in [1.29, 1.82) is 0 Å². The summed E-state index contributed by atoms with van der Waals surface area (Å²) < 4.78 is 34.3. The molecule has 2 aliphatic rings. The van der Waals surface area contributed by atoms with Gasteiger partial charge in [0, 0.05) is 33.4 Å². The lowest BCUT2D eigenvalue weighted by atomic mass is 9.98. The van der Waals surface area contributed by atoms with Crippen LogP contribution in [0, 0.1) is 11.3 Å². The van der Waals surface area contributed by atoms with Crippen LogP contribution in [0.3, 0.4) is 0 Å². The van der Waals surface area contributed by atoms with Crippen LogP contribution in [0.25, 0.3) is 0 Å². The Balaban J connectivity index is 1.77. The van der Waals surface area contributed by atoms with Crippen molar-refractivity contribution in [3.63, 3.8) is 0 Å². The molecule has 2 rings (SSSR count). The molecule has 1 saturated carbocycles. The maximum absolute atomic E-state index is 12.4. The molecule has 0 atom stereocenters. The first-order valence-electron chi connectivity index (χ1n) is 7.90. The van der Waals surface area contributed by atoms with Crippen molar-refractivity contribution < 1.29 is 13.2 Å². The lowest BCUT2D eigenvalue weighted by molar-refractivity contribution is 0.172. The molecule has 0 amide bonds. The van der Waals surface area contributed by atoms with Crippen LogP contribution >= 0.6 is 0 Å². The summed E-state index contributed by atoms with van der Waals surface area (Å²) in [6, 6.07) is 0. The highest BCUT2D eigenvalue weighted by molar-refractivity contribution is 7.87. The van der Waals surface area contributed by atoms with Crippen LogP contribution < -0.4 is 10.0 Å². The second-order valence-corrected chi connectivity index (χ2v) is 8.22. The number of ether oxygens (including phenoxy) is 1. The fraction of sp³-hybridized carbons (Fsp3) is 1.00. The topological polar surface area (TPSA) is 70.7 Å². The van der Waals surface area contributed by atoms with Crippen LogP contribution in [0.15, 0.2) is 0 Å². The van der Waals surface area contributed by atoms with Crippen LogP contribution in [0.4, 0.5) is 0 Å². The van der Waals surface area contributed by atoms with Crippen LogP contribution in [0.5, 0.6) is 0 Å². The van der Waals surface area contributed by atoms with Crippen molar-refractivity contribution in [3.05, 3.63) is 0 Å². The van der Waals surface area contributed by atoms with Crippen molar-refractivity contribution in [2.45, 2.75) is 32.1 Å². The molecule has 2 N–H and O–H groups in total. The zero-order valence-corrected chi connectivity index (χ0v) is 14.0. The fourth-order valence-electron chi connectivity index (χ4n) is 2.99. The molecular weight excluding hydrogens is 290 g/mol. The Hall–Kier alpha value is -0.210. The number of piperidine rings is 1. The van der Waals surface area contributed by atoms with Crippen molar-refractivity contribution in [2.75, 3.05) is 46.9 Å². The van der Waals surface area contributed by atoms with Gasteiger partial charge in [0.15, 0.2) is 0 Å². The molecule has 0 radical (unpaired) electrons. The van der Waals surface area contributed by atoms with E-state index in [9.17, 15) is 8.42 Å². The van der Waals surface area contributed by atoms with E-state index in [1.165, 1.54) is 0 Å². The molecule has 1 heterocycles. The molecule has 0 bridgehead atoms. The Morgan fingerprint density at radius 3 is 2.48 bits per heavy atom. The molecule has 0 unspecified atom stereocenters. The molecule has 1 aliphatic heterocycles. The molecule has 0 aromatic carbocycles. The largest absolute Gasteiger partial charge is 0.385 e. The zero-order chi connectivity index (χ0) is 15.3. The highest BCUT2D eigenvalue weighted by atomic mass is 32.2. The second kappa shape index (κ2) is 7.37. The minimum absolute atomic E-state index is 0.146. The molecular formula is C14H29N3O3S. The smallest absolute Gasteiger partial charge is 0.279 e. The summed E-state index contributed by atoms with van der Waals surface area (Å²) >= 11 is 0. The van der Waals surface area contributed by atoms with Crippen molar-refractivity contribution in [2.24, 2.45) is 11.3 Å². The summed E-state index contributed by atoms with van der Waals surface area (Å²) in [6.07, 6.45) is 5.02. The van der Waals surface area contributed by atoms with Crippen molar-refractivity contribution >= 4 is 10.2 Å². The van der Waals surface area contributed by atoms with Crippen molar-refractivity contribution in [1.82, 2.24) is 14.3 Å². The molecule has 1 saturated heterocycles. The number of rotatable bonds is 9. The molecule has 21 heavy (non-hydrogen) atoms.